The van der Waals surface area contributed by atoms with E-state index in [1.807, 2.05) is 25.1 Å². The van der Waals surface area contributed by atoms with Crippen molar-refractivity contribution >= 4 is 11.8 Å². The maximum absolute atomic E-state index is 13.1. The van der Waals surface area contributed by atoms with Crippen LogP contribution in [0.15, 0.2) is 48.5 Å². The summed E-state index contributed by atoms with van der Waals surface area (Å²) in [4.78, 5) is 26.2. The minimum Gasteiger partial charge on any atom is -0.490 e. The van der Waals surface area contributed by atoms with Crippen molar-refractivity contribution < 1.29 is 23.5 Å². The maximum Gasteiger partial charge on any atom is 0.254 e. The Morgan fingerprint density at radius 1 is 1.25 bits per heavy atom. The maximum atomic E-state index is 13.1. The Bertz CT molecular complexity index is 856. The Labute approximate surface area is 163 Å². The van der Waals surface area contributed by atoms with Gasteiger partial charge in [-0.3, -0.25) is 9.59 Å². The zero-order chi connectivity index (χ0) is 20.1. The van der Waals surface area contributed by atoms with Crippen LogP contribution in [0.4, 0.5) is 4.39 Å². The zero-order valence-electron chi connectivity index (χ0n) is 15.7. The first-order valence-corrected chi connectivity index (χ1v) is 9.03. The van der Waals surface area contributed by atoms with Gasteiger partial charge in [0.1, 0.15) is 23.8 Å². The van der Waals surface area contributed by atoms with E-state index in [-0.39, 0.29) is 37.9 Å². The smallest absolute Gasteiger partial charge is 0.254 e. The van der Waals surface area contributed by atoms with Crippen molar-refractivity contribution in [3.63, 3.8) is 0 Å². The standard InChI is InChI=1S/C21H23FN2O4/c1-15-3-2-4-16(11-15)20(26)24-9-10-28-21(13-24,12-19(23)25)14-27-18-7-5-17(22)6-8-18/h2-8,11H,9-10,12-14H2,1H3,(H2,23,25). The lowest BCUT2D eigenvalue weighted by Crippen LogP contribution is -2.58. The van der Waals surface area contributed by atoms with E-state index in [9.17, 15) is 14.0 Å². The van der Waals surface area contributed by atoms with E-state index in [0.29, 0.717) is 17.9 Å². The molecule has 2 aromatic carbocycles. The monoisotopic (exact) mass is 386 g/mol. The van der Waals surface area contributed by atoms with Crippen molar-refractivity contribution in [2.45, 2.75) is 18.9 Å². The highest BCUT2D eigenvalue weighted by atomic mass is 19.1. The highest BCUT2D eigenvalue weighted by molar-refractivity contribution is 5.94. The number of benzene rings is 2. The normalized spacial score (nSPS) is 19.3. The van der Waals surface area contributed by atoms with E-state index in [1.165, 1.54) is 24.3 Å². The molecule has 2 N–H and O–H groups in total. The topological polar surface area (TPSA) is 81.9 Å². The molecule has 1 atom stereocenters. The molecular formula is C21H23FN2O4. The summed E-state index contributed by atoms with van der Waals surface area (Å²) in [7, 11) is 0. The summed E-state index contributed by atoms with van der Waals surface area (Å²) in [5, 5.41) is 0. The first-order chi connectivity index (χ1) is 13.4. The molecule has 28 heavy (non-hydrogen) atoms. The van der Waals surface area contributed by atoms with Gasteiger partial charge in [-0.05, 0) is 43.3 Å². The molecule has 3 rings (SSSR count). The summed E-state index contributed by atoms with van der Waals surface area (Å²) < 4.78 is 24.7. The second kappa shape index (κ2) is 8.39. The van der Waals surface area contributed by atoms with Crippen molar-refractivity contribution in [3.8, 4) is 5.75 Å². The van der Waals surface area contributed by atoms with Gasteiger partial charge in [-0.2, -0.15) is 0 Å². The molecule has 0 saturated carbocycles. The van der Waals surface area contributed by atoms with Gasteiger partial charge in [-0.1, -0.05) is 17.7 Å². The highest BCUT2D eigenvalue weighted by Gasteiger charge is 2.41. The predicted octanol–water partition coefficient (Wildman–Crippen LogP) is 2.30. The zero-order valence-corrected chi connectivity index (χ0v) is 15.7. The number of nitrogens with two attached hydrogens (primary N) is 1. The molecule has 148 valence electrons. The van der Waals surface area contributed by atoms with E-state index >= 15 is 0 Å². The second-order valence-electron chi connectivity index (χ2n) is 7.01. The molecule has 2 amide bonds. The molecule has 1 fully saturated rings. The van der Waals surface area contributed by atoms with Crippen LogP contribution in [0.25, 0.3) is 0 Å². The number of hydrogen-bond acceptors (Lipinski definition) is 4. The summed E-state index contributed by atoms with van der Waals surface area (Å²) in [6.45, 7) is 2.77. The van der Waals surface area contributed by atoms with Gasteiger partial charge in [0.25, 0.3) is 5.91 Å². The van der Waals surface area contributed by atoms with Gasteiger partial charge in [0.2, 0.25) is 5.91 Å². The molecule has 7 heteroatoms. The molecule has 1 aliphatic rings. The van der Waals surface area contributed by atoms with Crippen molar-refractivity contribution in [1.82, 2.24) is 4.90 Å². The van der Waals surface area contributed by atoms with Crippen molar-refractivity contribution in [2.24, 2.45) is 5.73 Å². The lowest BCUT2D eigenvalue weighted by atomic mass is 9.96. The fourth-order valence-electron chi connectivity index (χ4n) is 3.29. The molecule has 0 spiro atoms. The van der Waals surface area contributed by atoms with Crippen molar-refractivity contribution in [1.29, 1.82) is 0 Å². The number of aryl methyl sites for hydroxylation is 1. The van der Waals surface area contributed by atoms with E-state index in [2.05, 4.69) is 0 Å². The van der Waals surface area contributed by atoms with E-state index in [0.717, 1.165) is 5.56 Å². The molecule has 1 saturated heterocycles. The number of rotatable bonds is 6. The molecular weight excluding hydrogens is 363 g/mol. The number of carbonyl (C=O) groups excluding carboxylic acids is 2. The summed E-state index contributed by atoms with van der Waals surface area (Å²) in [5.41, 5.74) is 5.93. The van der Waals surface area contributed by atoms with Gasteiger partial charge in [0.15, 0.2) is 0 Å². The number of primary amides is 1. The van der Waals surface area contributed by atoms with Gasteiger partial charge >= 0.3 is 0 Å². The Morgan fingerprint density at radius 2 is 2.00 bits per heavy atom. The summed E-state index contributed by atoms with van der Waals surface area (Å²) in [6, 6.07) is 12.9. The number of carbonyl (C=O) groups is 2. The third kappa shape index (κ3) is 4.86. The Kier molecular flexibility index (Phi) is 5.94. The van der Waals surface area contributed by atoms with Crippen LogP contribution in [0.5, 0.6) is 5.75 Å². The van der Waals surface area contributed by atoms with Crippen LogP contribution < -0.4 is 10.5 Å². The average Bonchev–Trinajstić information content (AvgIpc) is 2.67. The Hall–Kier alpha value is -2.93. The number of halogens is 1. The largest absolute Gasteiger partial charge is 0.490 e. The number of morpholine rings is 1. The first kappa shape index (κ1) is 19.8. The second-order valence-corrected chi connectivity index (χ2v) is 7.01. The highest BCUT2D eigenvalue weighted by Crippen LogP contribution is 2.25. The Balaban J connectivity index is 1.76. The van der Waals surface area contributed by atoms with E-state index in [1.54, 1.807) is 11.0 Å². The third-order valence-electron chi connectivity index (χ3n) is 4.61. The van der Waals surface area contributed by atoms with Gasteiger partial charge in [-0.15, -0.1) is 0 Å². The van der Waals surface area contributed by atoms with E-state index < -0.39 is 11.5 Å². The predicted molar refractivity (Wildman–Crippen MR) is 101 cm³/mol. The number of nitrogens with zero attached hydrogens (tertiary/aromatic N) is 1. The molecule has 1 aliphatic heterocycles. The summed E-state index contributed by atoms with van der Waals surface area (Å²) >= 11 is 0. The molecule has 0 radical (unpaired) electrons. The van der Waals surface area contributed by atoms with Crippen LogP contribution in [-0.2, 0) is 9.53 Å². The van der Waals surface area contributed by atoms with Crippen molar-refractivity contribution in [2.75, 3.05) is 26.3 Å². The molecule has 0 aromatic heterocycles. The molecule has 6 nitrogen and oxygen atoms in total. The minimum absolute atomic E-state index is 0.0131. The van der Waals surface area contributed by atoms with E-state index in [4.69, 9.17) is 15.2 Å². The van der Waals surface area contributed by atoms with Crippen LogP contribution in [0.3, 0.4) is 0 Å². The average molecular weight is 386 g/mol. The SMILES string of the molecule is Cc1cccc(C(=O)N2CCOC(COc3ccc(F)cc3)(CC(N)=O)C2)c1. The number of amides is 2. The molecule has 0 aliphatic carbocycles. The molecule has 0 bridgehead atoms. The number of ether oxygens (including phenoxy) is 2. The van der Waals surface area contributed by atoms with Gasteiger partial charge < -0.3 is 20.1 Å². The third-order valence-corrected chi connectivity index (χ3v) is 4.61. The molecule has 1 heterocycles. The summed E-state index contributed by atoms with van der Waals surface area (Å²) in [5.74, 6) is -0.616. The fraction of sp³-hybridized carbons (Fsp3) is 0.333. The fourth-order valence-corrected chi connectivity index (χ4v) is 3.29. The summed E-state index contributed by atoms with van der Waals surface area (Å²) in [6.07, 6.45) is -0.0915. The first-order valence-electron chi connectivity index (χ1n) is 9.03. The van der Waals surface area contributed by atoms with Crippen LogP contribution in [0, 0.1) is 12.7 Å². The quantitative estimate of drug-likeness (QED) is 0.826. The van der Waals surface area contributed by atoms with Crippen LogP contribution >= 0.6 is 0 Å². The lowest BCUT2D eigenvalue weighted by molar-refractivity contribution is -0.142. The van der Waals surface area contributed by atoms with Gasteiger partial charge in [-0.25, -0.2) is 4.39 Å². The van der Waals surface area contributed by atoms with Gasteiger partial charge in [0, 0.05) is 12.1 Å². The Morgan fingerprint density at radius 3 is 2.68 bits per heavy atom. The number of hydrogen-bond donors (Lipinski definition) is 1. The van der Waals surface area contributed by atoms with Crippen LogP contribution in [-0.4, -0.2) is 48.6 Å². The molecule has 1 unspecified atom stereocenters. The minimum atomic E-state index is -1.06. The lowest BCUT2D eigenvalue weighted by Gasteiger charge is -2.42. The van der Waals surface area contributed by atoms with Crippen molar-refractivity contribution in [3.05, 3.63) is 65.5 Å². The van der Waals surface area contributed by atoms with Gasteiger partial charge in [0.05, 0.1) is 19.6 Å². The van der Waals surface area contributed by atoms with Crippen LogP contribution in [0.1, 0.15) is 22.3 Å². The molecule has 2 aromatic rings. The van der Waals surface area contributed by atoms with Crippen LogP contribution in [0.2, 0.25) is 0 Å².